The molecule has 12 rings (SSSR count). The number of aliphatic hydroxyl groups is 6. The van der Waals surface area contributed by atoms with Crippen LogP contribution in [0.15, 0.2) is 255 Å². The van der Waals surface area contributed by atoms with Crippen molar-refractivity contribution in [3.05, 3.63) is 372 Å². The predicted molar refractivity (Wildman–Crippen MR) is 463 cm³/mol. The quantitative estimate of drug-likeness (QED) is 0.0154. The molecule has 117 heavy (non-hydrogen) atoms. The van der Waals surface area contributed by atoms with E-state index in [1.54, 1.807) is 59.8 Å². The minimum atomic E-state index is -4.32. The number of pyridine rings is 3. The van der Waals surface area contributed by atoms with Gasteiger partial charge >= 0.3 is 26.4 Å². The number of aromatic nitrogens is 3. The molecule has 3 aromatic heterocycles. The van der Waals surface area contributed by atoms with Gasteiger partial charge in [0.25, 0.3) is 0 Å². The maximum absolute atomic E-state index is 9.62. The summed E-state index contributed by atoms with van der Waals surface area (Å²) in [5.41, 5.74) is 18.3. The lowest BCUT2D eigenvalue weighted by molar-refractivity contribution is 0.0919. The molecule has 0 saturated heterocycles. The Morgan fingerprint density at radius 1 is 0.231 bits per heavy atom. The Labute approximate surface area is 687 Å². The Hall–Kier alpha value is -11.1. The molecule has 9 aromatic carbocycles. The number of ether oxygens (including phenoxy) is 3. The van der Waals surface area contributed by atoms with Crippen molar-refractivity contribution in [3.8, 4) is 17.2 Å². The summed E-state index contributed by atoms with van der Waals surface area (Å²) in [7, 11) is -4.54. The highest BCUT2D eigenvalue weighted by molar-refractivity contribution is 6.93. The van der Waals surface area contributed by atoms with Crippen molar-refractivity contribution in [2.45, 2.75) is 85.1 Å². The molecule has 0 aliphatic rings. The van der Waals surface area contributed by atoms with Crippen LogP contribution >= 0.6 is 0 Å². The maximum Gasteiger partial charge on any atom is 0.529 e. The molecule has 12 aromatic rings. The molecule has 3 heterocycles. The van der Waals surface area contributed by atoms with Gasteiger partial charge in [-0.25, -0.2) is 0 Å². The van der Waals surface area contributed by atoms with E-state index >= 15 is 0 Å². The average molecular weight is 1620 g/mol. The van der Waals surface area contributed by atoms with E-state index in [1.807, 2.05) is 231 Å². The van der Waals surface area contributed by atoms with Crippen LogP contribution in [0, 0.1) is 0 Å². The van der Waals surface area contributed by atoms with Crippen molar-refractivity contribution >= 4 is 90.6 Å². The van der Waals surface area contributed by atoms with Gasteiger partial charge in [-0.1, -0.05) is 231 Å². The fourth-order valence-electron chi connectivity index (χ4n) is 13.2. The van der Waals surface area contributed by atoms with Crippen molar-refractivity contribution in [3.63, 3.8) is 0 Å². The van der Waals surface area contributed by atoms with Crippen LogP contribution in [-0.4, -0.2) is 108 Å². The number of benzene rings is 9. The Morgan fingerprint density at radius 2 is 0.436 bits per heavy atom. The Kier molecular flexibility index (Phi) is 30.7. The number of rotatable bonds is 41. The molecule has 6 N–H and O–H groups in total. The van der Waals surface area contributed by atoms with Crippen LogP contribution in [0.1, 0.15) is 118 Å². The van der Waals surface area contributed by atoms with Gasteiger partial charge in [0.15, 0.2) is 0 Å². The van der Waals surface area contributed by atoms with E-state index in [-0.39, 0.29) is 52.9 Å². The van der Waals surface area contributed by atoms with Gasteiger partial charge in [0.05, 0.1) is 73.8 Å². The zero-order valence-electron chi connectivity index (χ0n) is 66.2. The molecule has 0 amide bonds. The smallest absolute Gasteiger partial charge is 0.489 e. The van der Waals surface area contributed by atoms with Crippen LogP contribution in [0.2, 0.25) is 0 Å². The molecular weight excluding hydrogens is 1520 g/mol. The molecule has 0 spiro atoms. The Bertz CT molecular complexity index is 5200. The van der Waals surface area contributed by atoms with E-state index in [0.717, 1.165) is 98.2 Å². The van der Waals surface area contributed by atoms with Gasteiger partial charge in [0.2, 0.25) is 0 Å². The summed E-state index contributed by atoms with van der Waals surface area (Å²) in [5.74, 6) is 2.13. The van der Waals surface area contributed by atoms with Gasteiger partial charge in [-0.15, -0.1) is 0 Å². The summed E-state index contributed by atoms with van der Waals surface area (Å²) in [4.78, 5) is 12.7. The second-order valence-electron chi connectivity index (χ2n) is 27.8. The number of nitrogens with zero attached hydrogens (tertiary/aromatic N) is 3. The molecule has 0 fully saturated rings. The van der Waals surface area contributed by atoms with Gasteiger partial charge in [-0.2, -0.15) is 0 Å². The van der Waals surface area contributed by atoms with Crippen molar-refractivity contribution in [1.29, 1.82) is 0 Å². The summed E-state index contributed by atoms with van der Waals surface area (Å²) in [6, 6.07) is 83.2. The summed E-state index contributed by atoms with van der Waals surface area (Å²) < 4.78 is 66.2. The highest BCUT2D eigenvalue weighted by Crippen LogP contribution is 2.28. The third-order valence-electron chi connectivity index (χ3n) is 19.7. The van der Waals surface area contributed by atoms with Crippen molar-refractivity contribution in [1.82, 2.24) is 15.0 Å². The van der Waals surface area contributed by atoms with Crippen LogP contribution in [-0.2, 0) is 116 Å². The summed E-state index contributed by atoms with van der Waals surface area (Å²) >= 11 is 0. The molecular formula is C95H97N3O16Si3. The lowest BCUT2D eigenvalue weighted by Gasteiger charge is -2.40. The largest absolute Gasteiger partial charge is 0.529 e. The van der Waals surface area contributed by atoms with Crippen LogP contribution in [0.25, 0.3) is 48.6 Å². The van der Waals surface area contributed by atoms with Crippen molar-refractivity contribution in [2.24, 2.45) is 0 Å². The fourth-order valence-corrected chi connectivity index (χ4v) is 23.7. The topological polar surface area (TPSA) is 252 Å². The summed E-state index contributed by atoms with van der Waals surface area (Å²) in [5, 5.41) is 59.5. The molecule has 1 unspecified atom stereocenters. The fraction of sp³-hybridized carbons (Fsp3) is 0.189. The number of hydrogen-bond acceptors (Lipinski definition) is 19. The van der Waals surface area contributed by atoms with Crippen LogP contribution in [0.4, 0.5) is 0 Å². The molecule has 0 saturated carbocycles. The highest BCUT2D eigenvalue weighted by Gasteiger charge is 2.61. The Balaban J connectivity index is 0.704. The average Bonchev–Trinajstić information content (AvgIpc) is 0.749. The van der Waals surface area contributed by atoms with Crippen molar-refractivity contribution in [2.75, 3.05) is 35.5 Å². The minimum absolute atomic E-state index is 0.162. The molecule has 1 atom stereocenters. The third-order valence-corrected chi connectivity index (χ3v) is 29.9. The lowest BCUT2D eigenvalue weighted by atomic mass is 10.00. The van der Waals surface area contributed by atoms with Crippen molar-refractivity contribution < 1.29 is 75.2 Å². The van der Waals surface area contributed by atoms with E-state index in [4.69, 9.17) is 44.6 Å². The van der Waals surface area contributed by atoms with E-state index < -0.39 is 26.4 Å². The SMILES string of the molecule is CO[Si](OC)(O[Si](OC)(O[Si](OC)(OC)c1ccc(COc2ccc(CCc3ccc(CCc4cc(CO)nc(CO)c4)cc3)cc2)cc1)c1ccc(COc2ccc(C=Cc3ccc(C=Cc4cc(CO)nc(CO)c4)cc3)cc2)cc1)c1ccc(COc2ccc(C=Cc3ccc(C=Cc4cc(CO)nc(CO)c4)cc3)cc2)cc1. The summed E-state index contributed by atoms with van der Waals surface area (Å²) in [6.07, 6.45) is 19.4. The number of aryl methyl sites for hydroxylation is 4. The van der Waals surface area contributed by atoms with Gasteiger partial charge in [0.1, 0.15) is 37.1 Å². The predicted octanol–water partition coefficient (Wildman–Crippen LogP) is 13.9. The highest BCUT2D eigenvalue weighted by atomic mass is 28.5. The van der Waals surface area contributed by atoms with Gasteiger partial charge in [-0.3, -0.25) is 15.0 Å². The first-order chi connectivity index (χ1) is 57.2. The second kappa shape index (κ2) is 42.2. The van der Waals surface area contributed by atoms with E-state index in [0.29, 0.717) is 67.8 Å². The molecule has 600 valence electrons. The number of aliphatic hydroxyl groups excluding tert-OH is 6. The zero-order chi connectivity index (χ0) is 81.8. The second-order valence-corrected chi connectivity index (χ2v) is 36.5. The lowest BCUT2D eigenvalue weighted by Crippen LogP contribution is -2.73. The minimum Gasteiger partial charge on any atom is -0.489 e. The first-order valence-electron chi connectivity index (χ1n) is 38.4. The van der Waals surface area contributed by atoms with Crippen LogP contribution in [0.5, 0.6) is 17.2 Å². The van der Waals surface area contributed by atoms with E-state index in [2.05, 4.69) is 63.5 Å². The first-order valence-corrected chi connectivity index (χ1v) is 43.6. The maximum atomic E-state index is 9.62. The monoisotopic (exact) mass is 1620 g/mol. The standard InChI is InChI=1S/C95H97N3O16Si3/c1-105-115(106-2,93-48-36-78(37-49-93)66-110-90-42-30-75(31-43-90)21-18-69-6-12-72(13-7-69)24-27-81-54-84(60-99)96-85(55-81)61-100)113-117(109-5,95-52-40-80(41-53-95)68-112-92-46-34-77(35-47-92)23-20-71-10-16-74(17-11-71)26-29-83-58-88(64-103)98-89(59-83)65-104)114-116(107-3,108-4)94-50-38-79(39-51-94)67-111-91-44-32-76(33-45-91)22-19-70-8-14-73(15-9-70)25-28-82-56-86(62-101)97-87(57-82)63-102/h6-18,20-21,23-24,26-27,29-59,99-104H,19,22,25,28,60-68H2,1-5H3. The third kappa shape index (κ3) is 23.6. The zero-order valence-corrected chi connectivity index (χ0v) is 69.2. The van der Waals surface area contributed by atoms with Gasteiger partial charge < -0.3 is 75.2 Å². The van der Waals surface area contributed by atoms with Crippen LogP contribution < -0.4 is 29.8 Å². The normalized spacial score (nSPS) is 12.5. The van der Waals surface area contributed by atoms with Gasteiger partial charge in [-0.05, 0) is 182 Å². The summed E-state index contributed by atoms with van der Waals surface area (Å²) in [6.45, 7) is -0.314. The number of hydrogen-bond donors (Lipinski definition) is 6. The van der Waals surface area contributed by atoms with E-state index in [1.165, 1.54) is 16.7 Å². The molecule has 0 aliphatic carbocycles. The molecule has 22 heteroatoms. The first kappa shape index (κ1) is 85.3. The molecule has 0 radical (unpaired) electrons. The molecule has 19 nitrogen and oxygen atoms in total. The van der Waals surface area contributed by atoms with Crippen LogP contribution in [0.3, 0.4) is 0 Å². The van der Waals surface area contributed by atoms with Gasteiger partial charge in [0, 0.05) is 51.1 Å². The Morgan fingerprint density at radius 3 is 0.692 bits per heavy atom. The molecule has 0 aliphatic heterocycles. The molecule has 0 bridgehead atoms. The van der Waals surface area contributed by atoms with E-state index in [9.17, 15) is 30.6 Å².